The molecule has 1 fully saturated rings. The number of hydrogen-bond acceptors (Lipinski definition) is 4. The number of fused-ring (bicyclic) bond motifs is 4. The molecular formula is C24H21N5O. The van der Waals surface area contributed by atoms with Crippen LogP contribution in [0.15, 0.2) is 59.4 Å². The molecule has 1 aliphatic rings. The molecule has 5 aromatic rings. The normalized spacial score (nSPS) is 15.0. The number of aryl methyl sites for hydroxylation is 1. The van der Waals surface area contributed by atoms with Crippen LogP contribution in [0, 0.1) is 6.92 Å². The fourth-order valence-electron chi connectivity index (χ4n) is 4.82. The average Bonchev–Trinajstić information content (AvgIpc) is 3.39. The van der Waals surface area contributed by atoms with Crippen LogP contribution < -0.4 is 5.56 Å². The van der Waals surface area contributed by atoms with Gasteiger partial charge < -0.3 is 0 Å². The predicted octanol–water partition coefficient (Wildman–Crippen LogP) is 4.71. The first-order chi connectivity index (χ1) is 14.7. The first-order valence-corrected chi connectivity index (χ1v) is 10.5. The maximum atomic E-state index is 13.8. The summed E-state index contributed by atoms with van der Waals surface area (Å²) in [5, 5.41) is 0.560. The second-order valence-corrected chi connectivity index (χ2v) is 8.03. The summed E-state index contributed by atoms with van der Waals surface area (Å²) < 4.78 is 3.86. The van der Waals surface area contributed by atoms with E-state index in [4.69, 9.17) is 15.0 Å². The molecule has 1 saturated carbocycles. The summed E-state index contributed by atoms with van der Waals surface area (Å²) in [6.07, 6.45) is 4.37. The maximum Gasteiger partial charge on any atom is 0.265 e. The molecule has 0 unspecified atom stereocenters. The summed E-state index contributed by atoms with van der Waals surface area (Å²) in [6.45, 7) is 1.93. The monoisotopic (exact) mass is 395 g/mol. The van der Waals surface area contributed by atoms with E-state index in [1.807, 2.05) is 70.7 Å². The molecule has 6 nitrogen and oxygen atoms in total. The van der Waals surface area contributed by atoms with E-state index in [0.29, 0.717) is 22.2 Å². The van der Waals surface area contributed by atoms with Crippen LogP contribution in [-0.2, 0) is 0 Å². The van der Waals surface area contributed by atoms with Gasteiger partial charge >= 0.3 is 0 Å². The van der Waals surface area contributed by atoms with Crippen molar-refractivity contribution < 1.29 is 0 Å². The molecule has 3 heterocycles. The van der Waals surface area contributed by atoms with Crippen LogP contribution in [-0.4, -0.2) is 24.1 Å². The van der Waals surface area contributed by atoms with E-state index in [2.05, 4.69) is 0 Å². The number of nitrogens with zero attached hydrogens (tertiary/aromatic N) is 5. The van der Waals surface area contributed by atoms with Gasteiger partial charge in [0.2, 0.25) is 0 Å². The molecule has 0 radical (unpaired) electrons. The van der Waals surface area contributed by atoms with Crippen LogP contribution in [0.25, 0.3) is 38.9 Å². The van der Waals surface area contributed by atoms with E-state index in [0.717, 1.165) is 48.2 Å². The van der Waals surface area contributed by atoms with Crippen molar-refractivity contribution in [3.63, 3.8) is 0 Å². The van der Waals surface area contributed by atoms with Gasteiger partial charge in [0.25, 0.3) is 5.56 Å². The summed E-state index contributed by atoms with van der Waals surface area (Å²) in [7, 11) is 0. The molecule has 148 valence electrons. The molecule has 6 rings (SSSR count). The highest BCUT2D eigenvalue weighted by molar-refractivity contribution is 6.05. The van der Waals surface area contributed by atoms with Crippen molar-refractivity contribution in [2.24, 2.45) is 0 Å². The molecule has 1 aliphatic carbocycles. The van der Waals surface area contributed by atoms with Crippen LogP contribution in [0.4, 0.5) is 0 Å². The smallest absolute Gasteiger partial charge is 0.265 e. The predicted molar refractivity (Wildman–Crippen MR) is 118 cm³/mol. The summed E-state index contributed by atoms with van der Waals surface area (Å²) in [5.74, 6) is 0.754. The molecule has 0 saturated heterocycles. The van der Waals surface area contributed by atoms with Gasteiger partial charge in [-0.15, -0.1) is 0 Å². The highest BCUT2D eigenvalue weighted by Gasteiger charge is 2.26. The molecule has 30 heavy (non-hydrogen) atoms. The molecule has 0 N–H and O–H groups in total. The fourth-order valence-corrected chi connectivity index (χ4v) is 4.82. The number of benzene rings is 2. The summed E-state index contributed by atoms with van der Waals surface area (Å²) >= 11 is 0. The Morgan fingerprint density at radius 2 is 1.50 bits per heavy atom. The Labute approximate surface area is 172 Å². The number of para-hydroxylation sites is 3. The molecule has 0 bridgehead atoms. The van der Waals surface area contributed by atoms with Crippen molar-refractivity contribution in [1.29, 1.82) is 0 Å². The maximum absolute atomic E-state index is 13.8. The third kappa shape index (κ3) is 2.43. The summed E-state index contributed by atoms with van der Waals surface area (Å²) in [6, 6.07) is 18.0. The van der Waals surface area contributed by atoms with E-state index in [1.54, 1.807) is 0 Å². The zero-order valence-electron chi connectivity index (χ0n) is 16.7. The molecule has 0 spiro atoms. The summed E-state index contributed by atoms with van der Waals surface area (Å²) in [4.78, 5) is 28.5. The lowest BCUT2D eigenvalue weighted by Crippen LogP contribution is -2.27. The molecule has 0 aliphatic heterocycles. The molecule has 0 atom stereocenters. The Morgan fingerprint density at radius 1 is 0.833 bits per heavy atom. The van der Waals surface area contributed by atoms with Crippen molar-refractivity contribution in [3.05, 3.63) is 70.8 Å². The van der Waals surface area contributed by atoms with Crippen molar-refractivity contribution in [2.75, 3.05) is 0 Å². The molecular weight excluding hydrogens is 374 g/mol. The van der Waals surface area contributed by atoms with Crippen molar-refractivity contribution >= 4 is 33.2 Å². The minimum absolute atomic E-state index is 0.00587. The Kier molecular flexibility index (Phi) is 3.75. The molecule has 6 heteroatoms. The van der Waals surface area contributed by atoms with E-state index in [1.165, 1.54) is 0 Å². The summed E-state index contributed by atoms with van der Waals surface area (Å²) in [5.41, 5.74) is 4.42. The van der Waals surface area contributed by atoms with Gasteiger partial charge in [0.1, 0.15) is 16.7 Å². The second-order valence-electron chi connectivity index (χ2n) is 8.03. The van der Waals surface area contributed by atoms with E-state index in [-0.39, 0.29) is 11.6 Å². The quantitative estimate of drug-likeness (QED) is 0.434. The lowest BCUT2D eigenvalue weighted by molar-refractivity contribution is 0.485. The van der Waals surface area contributed by atoms with Crippen LogP contribution >= 0.6 is 0 Å². The van der Waals surface area contributed by atoms with Gasteiger partial charge in [-0.05, 0) is 44.0 Å². The Balaban J connectivity index is 1.81. The van der Waals surface area contributed by atoms with Gasteiger partial charge in [-0.2, -0.15) is 0 Å². The minimum atomic E-state index is -0.00587. The van der Waals surface area contributed by atoms with Crippen LogP contribution in [0.3, 0.4) is 0 Å². The van der Waals surface area contributed by atoms with E-state index < -0.39 is 0 Å². The first kappa shape index (κ1) is 17.3. The SMILES string of the molecule is Cc1nc2c(c(=O)n1C1CCCC1)c1nc3ccccc3nc1n2-c1ccccc1. The number of hydrogen-bond donors (Lipinski definition) is 0. The number of aromatic nitrogens is 5. The van der Waals surface area contributed by atoms with Gasteiger partial charge in [-0.1, -0.05) is 43.2 Å². The van der Waals surface area contributed by atoms with Gasteiger partial charge in [0.05, 0.1) is 11.0 Å². The van der Waals surface area contributed by atoms with Gasteiger partial charge in [-0.3, -0.25) is 13.9 Å². The molecule has 0 amide bonds. The van der Waals surface area contributed by atoms with Crippen molar-refractivity contribution in [2.45, 2.75) is 38.6 Å². The second kappa shape index (κ2) is 6.49. The van der Waals surface area contributed by atoms with E-state index in [9.17, 15) is 4.79 Å². The highest BCUT2D eigenvalue weighted by atomic mass is 16.1. The standard InChI is InChI=1S/C24H21N5O/c1-15-25-22-20(24(30)28(15)16-11-5-6-12-16)21-23(29(22)17-9-3-2-4-10-17)27-19-14-8-7-13-18(19)26-21/h2-4,7-10,13-14,16H,5-6,11-12H2,1H3. The Hall–Kier alpha value is -3.54. The lowest BCUT2D eigenvalue weighted by atomic mass is 10.2. The van der Waals surface area contributed by atoms with Crippen LogP contribution in [0.1, 0.15) is 37.5 Å². The highest BCUT2D eigenvalue weighted by Crippen LogP contribution is 2.32. The third-order valence-electron chi connectivity index (χ3n) is 6.19. The van der Waals surface area contributed by atoms with Gasteiger partial charge in [0.15, 0.2) is 11.3 Å². The van der Waals surface area contributed by atoms with Crippen LogP contribution in [0.2, 0.25) is 0 Å². The van der Waals surface area contributed by atoms with E-state index >= 15 is 0 Å². The van der Waals surface area contributed by atoms with Crippen LogP contribution in [0.5, 0.6) is 0 Å². The zero-order chi connectivity index (χ0) is 20.2. The fraction of sp³-hybridized carbons (Fsp3) is 0.250. The molecule has 3 aromatic heterocycles. The van der Waals surface area contributed by atoms with Gasteiger partial charge in [-0.25, -0.2) is 15.0 Å². The third-order valence-corrected chi connectivity index (χ3v) is 6.19. The minimum Gasteiger partial charge on any atom is -0.293 e. The largest absolute Gasteiger partial charge is 0.293 e. The average molecular weight is 395 g/mol. The zero-order valence-corrected chi connectivity index (χ0v) is 16.7. The Bertz CT molecular complexity index is 1480. The first-order valence-electron chi connectivity index (χ1n) is 10.5. The van der Waals surface area contributed by atoms with Crippen molar-refractivity contribution in [1.82, 2.24) is 24.1 Å². The Morgan fingerprint density at radius 3 is 2.23 bits per heavy atom. The topological polar surface area (TPSA) is 65.6 Å². The number of rotatable bonds is 2. The van der Waals surface area contributed by atoms with Gasteiger partial charge in [0, 0.05) is 11.7 Å². The lowest BCUT2D eigenvalue weighted by Gasteiger charge is -2.16. The van der Waals surface area contributed by atoms with Crippen molar-refractivity contribution in [3.8, 4) is 5.69 Å². The molecule has 2 aromatic carbocycles.